The highest BCUT2D eigenvalue weighted by Crippen LogP contribution is 2.26. The number of halogens is 1. The van der Waals surface area contributed by atoms with Crippen molar-refractivity contribution in [2.75, 3.05) is 6.54 Å². The Labute approximate surface area is 165 Å². The summed E-state index contributed by atoms with van der Waals surface area (Å²) in [5, 5.41) is 0.630. The summed E-state index contributed by atoms with van der Waals surface area (Å²) >= 11 is 5.89. The zero-order chi connectivity index (χ0) is 18.6. The second-order valence-corrected chi connectivity index (χ2v) is 8.01. The van der Waals surface area contributed by atoms with E-state index < -0.39 is 0 Å². The Morgan fingerprint density at radius 3 is 2.37 bits per heavy atom. The Hall–Kier alpha value is -2.10. The molecule has 3 nitrogen and oxygen atoms in total. The van der Waals surface area contributed by atoms with Gasteiger partial charge < -0.3 is 9.64 Å². The summed E-state index contributed by atoms with van der Waals surface area (Å²) < 4.78 is 5.81. The minimum Gasteiger partial charge on any atom is -0.458 e. The van der Waals surface area contributed by atoms with Crippen molar-refractivity contribution in [1.29, 1.82) is 0 Å². The Kier molecular flexibility index (Phi) is 5.61. The molecule has 0 aliphatic carbocycles. The number of carbonyl (C=O) groups excluding carboxylic acids is 1. The van der Waals surface area contributed by atoms with Crippen LogP contribution in [0.25, 0.3) is 6.08 Å². The molecule has 1 N–H and O–H groups in total. The van der Waals surface area contributed by atoms with E-state index in [1.807, 2.05) is 6.07 Å². The van der Waals surface area contributed by atoms with Crippen LogP contribution < -0.4 is 4.90 Å². The van der Waals surface area contributed by atoms with Crippen LogP contribution in [-0.2, 0) is 4.74 Å². The molecule has 4 rings (SSSR count). The van der Waals surface area contributed by atoms with Crippen molar-refractivity contribution in [2.45, 2.75) is 43.9 Å². The highest BCUT2D eigenvalue weighted by Gasteiger charge is 2.45. The van der Waals surface area contributed by atoms with E-state index in [4.69, 9.17) is 16.3 Å². The van der Waals surface area contributed by atoms with Crippen molar-refractivity contribution in [3.8, 4) is 0 Å². The summed E-state index contributed by atoms with van der Waals surface area (Å²) in [5.41, 5.74) is 1.82. The van der Waals surface area contributed by atoms with Gasteiger partial charge in [0.25, 0.3) is 0 Å². The van der Waals surface area contributed by atoms with Crippen molar-refractivity contribution in [3.63, 3.8) is 0 Å². The molecule has 2 heterocycles. The number of piperidine rings is 1. The lowest BCUT2D eigenvalue weighted by Gasteiger charge is -2.35. The van der Waals surface area contributed by atoms with Crippen LogP contribution in [0.3, 0.4) is 0 Å². The Bertz CT molecular complexity index is 789. The van der Waals surface area contributed by atoms with E-state index >= 15 is 0 Å². The number of nitrogens with one attached hydrogen (secondary N) is 1. The van der Waals surface area contributed by atoms with Crippen molar-refractivity contribution < 1.29 is 14.4 Å². The SMILES string of the molecule is O=C(OC1CC2CCC(C1)[NH+]2C/C=C/c1ccccc1)c1ccc(Cl)cc1. The summed E-state index contributed by atoms with van der Waals surface area (Å²) in [6.07, 6.45) is 8.92. The van der Waals surface area contributed by atoms with E-state index in [0.717, 1.165) is 19.4 Å². The molecule has 2 bridgehead atoms. The maximum atomic E-state index is 12.4. The van der Waals surface area contributed by atoms with Gasteiger partial charge in [-0.3, -0.25) is 0 Å². The molecular weight excluding hydrogens is 358 g/mol. The van der Waals surface area contributed by atoms with Crippen LogP contribution >= 0.6 is 11.6 Å². The van der Waals surface area contributed by atoms with Gasteiger partial charge in [0.15, 0.2) is 0 Å². The van der Waals surface area contributed by atoms with E-state index in [-0.39, 0.29) is 12.1 Å². The maximum absolute atomic E-state index is 12.4. The first-order valence-electron chi connectivity index (χ1n) is 9.73. The number of benzene rings is 2. The highest BCUT2D eigenvalue weighted by molar-refractivity contribution is 6.30. The average Bonchev–Trinajstić information content (AvgIpc) is 2.92. The van der Waals surface area contributed by atoms with Gasteiger partial charge in [0.2, 0.25) is 0 Å². The molecule has 2 aromatic carbocycles. The molecule has 2 fully saturated rings. The fourth-order valence-electron chi connectivity index (χ4n) is 4.51. The summed E-state index contributed by atoms with van der Waals surface area (Å²) in [7, 11) is 0. The van der Waals surface area contributed by atoms with Crippen molar-refractivity contribution in [2.24, 2.45) is 0 Å². The number of hydrogen-bond acceptors (Lipinski definition) is 2. The van der Waals surface area contributed by atoms with Gasteiger partial charge in [-0.15, -0.1) is 0 Å². The van der Waals surface area contributed by atoms with Gasteiger partial charge in [-0.05, 0) is 35.9 Å². The molecule has 0 amide bonds. The molecule has 2 unspecified atom stereocenters. The molecule has 0 aromatic heterocycles. The summed E-state index contributed by atoms with van der Waals surface area (Å²) in [6.45, 7) is 1.04. The second-order valence-electron chi connectivity index (χ2n) is 7.57. The van der Waals surface area contributed by atoms with Gasteiger partial charge >= 0.3 is 5.97 Å². The predicted octanol–water partition coefficient (Wildman–Crippen LogP) is 3.79. The lowest BCUT2D eigenvalue weighted by Crippen LogP contribution is -3.18. The summed E-state index contributed by atoms with van der Waals surface area (Å²) in [4.78, 5) is 14.0. The minimum atomic E-state index is -0.233. The third-order valence-corrected chi connectivity index (χ3v) is 6.08. The number of ether oxygens (including phenoxy) is 1. The van der Waals surface area contributed by atoms with E-state index in [1.165, 1.54) is 18.4 Å². The van der Waals surface area contributed by atoms with Crippen LogP contribution in [-0.4, -0.2) is 30.7 Å². The first-order valence-corrected chi connectivity index (χ1v) is 10.1. The average molecular weight is 383 g/mol. The molecule has 0 radical (unpaired) electrons. The minimum absolute atomic E-state index is 0.0348. The molecular formula is C23H25ClNO2+. The molecule has 2 atom stereocenters. The van der Waals surface area contributed by atoms with Gasteiger partial charge in [-0.2, -0.15) is 0 Å². The molecule has 2 aliphatic heterocycles. The summed E-state index contributed by atoms with van der Waals surface area (Å²) in [5.74, 6) is -0.233. The third kappa shape index (κ3) is 4.42. The van der Waals surface area contributed by atoms with Crippen LogP contribution in [0, 0.1) is 0 Å². The fraction of sp³-hybridized carbons (Fsp3) is 0.348. The van der Waals surface area contributed by atoms with Crippen molar-refractivity contribution in [3.05, 3.63) is 76.8 Å². The van der Waals surface area contributed by atoms with Gasteiger partial charge in [0.1, 0.15) is 6.10 Å². The highest BCUT2D eigenvalue weighted by atomic mass is 35.5. The molecule has 4 heteroatoms. The van der Waals surface area contributed by atoms with Crippen molar-refractivity contribution >= 4 is 23.6 Å². The van der Waals surface area contributed by atoms with Crippen LogP contribution in [0.15, 0.2) is 60.7 Å². The monoisotopic (exact) mass is 382 g/mol. The van der Waals surface area contributed by atoms with E-state index in [2.05, 4.69) is 36.4 Å². The number of rotatable bonds is 5. The fourth-order valence-corrected chi connectivity index (χ4v) is 4.63. The maximum Gasteiger partial charge on any atom is 0.338 e. The van der Waals surface area contributed by atoms with Gasteiger partial charge in [0, 0.05) is 30.7 Å². The Morgan fingerprint density at radius 2 is 1.70 bits per heavy atom. The van der Waals surface area contributed by atoms with Gasteiger partial charge in [-0.1, -0.05) is 48.0 Å². The van der Waals surface area contributed by atoms with Crippen LogP contribution in [0.2, 0.25) is 5.02 Å². The Balaban J connectivity index is 1.32. The standard InChI is InChI=1S/C23H24ClNO2/c24-19-10-8-18(9-11-19)23(26)27-22-15-20-12-13-21(16-22)25(20)14-4-7-17-5-2-1-3-6-17/h1-11,20-22H,12-16H2/p+1/b7-4+. The zero-order valence-corrected chi connectivity index (χ0v) is 16.1. The molecule has 140 valence electrons. The molecule has 2 aromatic rings. The van der Waals surface area contributed by atoms with Crippen molar-refractivity contribution in [1.82, 2.24) is 0 Å². The molecule has 2 saturated heterocycles. The van der Waals surface area contributed by atoms with Gasteiger partial charge in [-0.25, -0.2) is 4.79 Å². The first-order chi connectivity index (χ1) is 13.2. The van der Waals surface area contributed by atoms with Crippen LogP contribution in [0.1, 0.15) is 41.6 Å². The van der Waals surface area contributed by atoms with Crippen LogP contribution in [0.5, 0.6) is 0 Å². The van der Waals surface area contributed by atoms with E-state index in [0.29, 0.717) is 22.7 Å². The number of hydrogen-bond donors (Lipinski definition) is 1. The van der Waals surface area contributed by atoms with E-state index in [9.17, 15) is 4.79 Å². The quantitative estimate of drug-likeness (QED) is 0.797. The predicted molar refractivity (Wildman–Crippen MR) is 108 cm³/mol. The first kappa shape index (κ1) is 18.3. The zero-order valence-electron chi connectivity index (χ0n) is 15.3. The number of carbonyl (C=O) groups is 1. The Morgan fingerprint density at radius 1 is 1.04 bits per heavy atom. The second kappa shape index (κ2) is 8.28. The van der Waals surface area contributed by atoms with Gasteiger partial charge in [0.05, 0.1) is 24.2 Å². The van der Waals surface area contributed by atoms with E-state index in [1.54, 1.807) is 29.2 Å². The normalized spacial score (nSPS) is 27.0. The topological polar surface area (TPSA) is 30.7 Å². The smallest absolute Gasteiger partial charge is 0.338 e. The third-order valence-electron chi connectivity index (χ3n) is 5.82. The largest absolute Gasteiger partial charge is 0.458 e. The lowest BCUT2D eigenvalue weighted by molar-refractivity contribution is -0.936. The molecule has 2 aliphatic rings. The number of quaternary nitrogens is 1. The molecule has 0 spiro atoms. The number of fused-ring (bicyclic) bond motifs is 2. The lowest BCUT2D eigenvalue weighted by atomic mass is 9.99. The number of esters is 1. The molecule has 0 saturated carbocycles. The van der Waals surface area contributed by atoms with Crippen LogP contribution in [0.4, 0.5) is 0 Å². The molecule has 27 heavy (non-hydrogen) atoms. The summed E-state index contributed by atoms with van der Waals surface area (Å²) in [6, 6.07) is 18.5.